The second kappa shape index (κ2) is 5.88. The number of ether oxygens (including phenoxy) is 2. The summed E-state index contributed by atoms with van der Waals surface area (Å²) in [5.41, 5.74) is 7.47. The third-order valence-corrected chi connectivity index (χ3v) is 2.92. The molecule has 0 unspecified atom stereocenters. The third kappa shape index (κ3) is 3.02. The van der Waals surface area contributed by atoms with Gasteiger partial charge in [0.05, 0.1) is 31.7 Å². The molecule has 0 aliphatic carbocycles. The standard InChI is InChI=1S/C12H17N3O2S/c1-16-9-2-3-10(14-12(13)18)11(8-9)15-4-6-17-7-5-15/h2-3,8H,4-7H2,1H3,(H3,13,14,18). The van der Waals surface area contributed by atoms with Gasteiger partial charge in [-0.25, -0.2) is 0 Å². The molecule has 18 heavy (non-hydrogen) atoms. The quantitative estimate of drug-likeness (QED) is 0.802. The highest BCUT2D eigenvalue weighted by Gasteiger charge is 2.16. The molecule has 0 atom stereocenters. The van der Waals surface area contributed by atoms with Crippen LogP contribution < -0.4 is 20.7 Å². The number of rotatable bonds is 3. The number of anilines is 2. The molecule has 1 aliphatic heterocycles. The van der Waals surface area contributed by atoms with Crippen LogP contribution in [0, 0.1) is 0 Å². The van der Waals surface area contributed by atoms with Crippen molar-refractivity contribution in [1.82, 2.24) is 0 Å². The van der Waals surface area contributed by atoms with Crippen LogP contribution in [0.15, 0.2) is 18.2 Å². The summed E-state index contributed by atoms with van der Waals surface area (Å²) in [7, 11) is 1.65. The first-order valence-electron chi connectivity index (χ1n) is 5.78. The minimum Gasteiger partial charge on any atom is -0.497 e. The van der Waals surface area contributed by atoms with Gasteiger partial charge in [-0.05, 0) is 24.4 Å². The van der Waals surface area contributed by atoms with Crippen molar-refractivity contribution in [2.45, 2.75) is 0 Å². The van der Waals surface area contributed by atoms with Gasteiger partial charge >= 0.3 is 0 Å². The molecule has 1 saturated heterocycles. The fourth-order valence-corrected chi connectivity index (χ4v) is 2.05. The summed E-state index contributed by atoms with van der Waals surface area (Å²) in [5, 5.41) is 3.25. The molecule has 1 aromatic rings. The molecule has 6 heteroatoms. The maximum absolute atomic E-state index is 5.54. The van der Waals surface area contributed by atoms with E-state index in [1.165, 1.54) is 0 Å². The van der Waals surface area contributed by atoms with E-state index in [1.807, 2.05) is 18.2 Å². The first-order chi connectivity index (χ1) is 8.70. The van der Waals surface area contributed by atoms with Gasteiger partial charge in [-0.2, -0.15) is 0 Å². The molecule has 0 amide bonds. The van der Waals surface area contributed by atoms with E-state index >= 15 is 0 Å². The number of thiocarbonyl (C=S) groups is 1. The Balaban J connectivity index is 2.30. The molecule has 98 valence electrons. The van der Waals surface area contributed by atoms with Crippen molar-refractivity contribution in [1.29, 1.82) is 0 Å². The van der Waals surface area contributed by atoms with E-state index in [0.29, 0.717) is 0 Å². The van der Waals surface area contributed by atoms with Crippen molar-refractivity contribution < 1.29 is 9.47 Å². The Morgan fingerprint density at radius 2 is 2.17 bits per heavy atom. The second-order valence-corrected chi connectivity index (χ2v) is 4.41. The average molecular weight is 267 g/mol. The monoisotopic (exact) mass is 267 g/mol. The molecule has 0 spiro atoms. The topological polar surface area (TPSA) is 59.8 Å². The minimum atomic E-state index is 0.259. The zero-order chi connectivity index (χ0) is 13.0. The van der Waals surface area contributed by atoms with Crippen LogP contribution in [0.4, 0.5) is 11.4 Å². The van der Waals surface area contributed by atoms with Crippen molar-refractivity contribution in [3.8, 4) is 5.75 Å². The maximum atomic E-state index is 5.54. The van der Waals surface area contributed by atoms with Crippen molar-refractivity contribution in [2.24, 2.45) is 5.73 Å². The summed E-state index contributed by atoms with van der Waals surface area (Å²) in [5.74, 6) is 0.810. The van der Waals surface area contributed by atoms with E-state index in [9.17, 15) is 0 Å². The number of methoxy groups -OCH3 is 1. The molecule has 1 aromatic carbocycles. The Morgan fingerprint density at radius 1 is 1.44 bits per heavy atom. The minimum absolute atomic E-state index is 0.259. The van der Waals surface area contributed by atoms with Gasteiger partial charge in [-0.3, -0.25) is 0 Å². The van der Waals surface area contributed by atoms with Crippen LogP contribution in [0.5, 0.6) is 5.75 Å². The van der Waals surface area contributed by atoms with Crippen LogP contribution in [0.2, 0.25) is 0 Å². The predicted octanol–water partition coefficient (Wildman–Crippen LogP) is 1.19. The van der Waals surface area contributed by atoms with Crippen LogP contribution in [0.1, 0.15) is 0 Å². The molecule has 0 bridgehead atoms. The summed E-state index contributed by atoms with van der Waals surface area (Å²) < 4.78 is 10.6. The molecular formula is C12H17N3O2S. The normalized spacial score (nSPS) is 15.3. The lowest BCUT2D eigenvalue weighted by Gasteiger charge is -2.30. The Hall–Kier alpha value is -1.53. The lowest BCUT2D eigenvalue weighted by Crippen LogP contribution is -2.37. The number of nitrogens with one attached hydrogen (secondary N) is 1. The SMILES string of the molecule is COc1ccc(NC(N)=S)c(N2CCOCC2)c1. The summed E-state index contributed by atoms with van der Waals surface area (Å²) in [6.07, 6.45) is 0. The maximum Gasteiger partial charge on any atom is 0.168 e. The van der Waals surface area contributed by atoms with Crippen molar-refractivity contribution in [3.05, 3.63) is 18.2 Å². The fraction of sp³-hybridized carbons (Fsp3) is 0.417. The Kier molecular flexibility index (Phi) is 4.22. The molecule has 2 rings (SSSR count). The smallest absolute Gasteiger partial charge is 0.168 e. The molecule has 3 N–H and O–H groups in total. The van der Waals surface area contributed by atoms with Crippen molar-refractivity contribution >= 4 is 28.7 Å². The number of hydrogen-bond acceptors (Lipinski definition) is 4. The predicted molar refractivity (Wildman–Crippen MR) is 76.4 cm³/mol. The lowest BCUT2D eigenvalue weighted by atomic mass is 10.2. The van der Waals surface area contributed by atoms with E-state index in [4.69, 9.17) is 27.4 Å². The largest absolute Gasteiger partial charge is 0.497 e. The first kappa shape index (κ1) is 12.9. The molecule has 1 heterocycles. The van der Waals surface area contributed by atoms with Crippen LogP contribution in [0.3, 0.4) is 0 Å². The van der Waals surface area contributed by atoms with Gasteiger partial charge in [-0.15, -0.1) is 0 Å². The summed E-state index contributed by atoms with van der Waals surface area (Å²) in [4.78, 5) is 2.23. The van der Waals surface area contributed by atoms with Crippen molar-refractivity contribution in [2.75, 3.05) is 43.6 Å². The van der Waals surface area contributed by atoms with Crippen molar-refractivity contribution in [3.63, 3.8) is 0 Å². The molecule has 0 aromatic heterocycles. The highest BCUT2D eigenvalue weighted by Crippen LogP contribution is 2.30. The third-order valence-electron chi connectivity index (χ3n) is 2.81. The van der Waals surface area contributed by atoms with Gasteiger partial charge in [0.2, 0.25) is 0 Å². The van der Waals surface area contributed by atoms with Gasteiger partial charge in [-0.1, -0.05) is 0 Å². The first-order valence-corrected chi connectivity index (χ1v) is 6.18. The zero-order valence-electron chi connectivity index (χ0n) is 10.3. The molecule has 0 radical (unpaired) electrons. The molecule has 5 nitrogen and oxygen atoms in total. The van der Waals surface area contributed by atoms with Crippen LogP contribution in [-0.4, -0.2) is 38.5 Å². The Bertz CT molecular complexity index is 433. The highest BCUT2D eigenvalue weighted by atomic mass is 32.1. The average Bonchev–Trinajstić information content (AvgIpc) is 2.39. The van der Waals surface area contributed by atoms with Gasteiger partial charge in [0, 0.05) is 19.2 Å². The van der Waals surface area contributed by atoms with E-state index in [0.717, 1.165) is 43.4 Å². The summed E-state index contributed by atoms with van der Waals surface area (Å²) >= 11 is 4.89. The van der Waals surface area contributed by atoms with Crippen LogP contribution >= 0.6 is 12.2 Å². The summed E-state index contributed by atoms with van der Waals surface area (Å²) in [6.45, 7) is 3.14. The summed E-state index contributed by atoms with van der Waals surface area (Å²) in [6, 6.07) is 5.78. The number of morpholine rings is 1. The molecule has 0 saturated carbocycles. The van der Waals surface area contributed by atoms with Gasteiger partial charge in [0.15, 0.2) is 5.11 Å². The molecule has 1 aliphatic rings. The number of hydrogen-bond donors (Lipinski definition) is 2. The van der Waals surface area contributed by atoms with E-state index in [1.54, 1.807) is 7.11 Å². The Morgan fingerprint density at radius 3 is 2.78 bits per heavy atom. The van der Waals surface area contributed by atoms with Gasteiger partial charge < -0.3 is 25.4 Å². The number of nitrogens with zero attached hydrogens (tertiary/aromatic N) is 1. The number of nitrogens with two attached hydrogens (primary N) is 1. The Labute approximate surface area is 112 Å². The van der Waals surface area contributed by atoms with Gasteiger partial charge in [0.1, 0.15) is 5.75 Å². The molecule has 1 fully saturated rings. The van der Waals surface area contributed by atoms with Crippen LogP contribution in [-0.2, 0) is 4.74 Å². The molecular weight excluding hydrogens is 250 g/mol. The zero-order valence-corrected chi connectivity index (χ0v) is 11.1. The van der Waals surface area contributed by atoms with Crippen LogP contribution in [0.25, 0.3) is 0 Å². The van der Waals surface area contributed by atoms with E-state index in [-0.39, 0.29) is 5.11 Å². The number of benzene rings is 1. The van der Waals surface area contributed by atoms with E-state index < -0.39 is 0 Å². The van der Waals surface area contributed by atoms with E-state index in [2.05, 4.69) is 10.2 Å². The highest BCUT2D eigenvalue weighted by molar-refractivity contribution is 7.80. The second-order valence-electron chi connectivity index (χ2n) is 3.97. The lowest BCUT2D eigenvalue weighted by molar-refractivity contribution is 0.122. The van der Waals surface area contributed by atoms with Gasteiger partial charge in [0.25, 0.3) is 0 Å². The fourth-order valence-electron chi connectivity index (χ4n) is 1.94.